The molecule has 2 unspecified atom stereocenters. The van der Waals surface area contributed by atoms with Gasteiger partial charge >= 0.3 is 0 Å². The Morgan fingerprint density at radius 2 is 2.14 bits per heavy atom. The van der Waals surface area contributed by atoms with Gasteiger partial charge < -0.3 is 15.3 Å². The zero-order valence-electron chi connectivity index (χ0n) is 12.3. The molecule has 0 amide bonds. The first-order valence-electron chi connectivity index (χ1n) is 7.09. The highest BCUT2D eigenvalue weighted by molar-refractivity contribution is 7.10. The van der Waals surface area contributed by atoms with Gasteiger partial charge in [-0.25, -0.2) is 0 Å². The Morgan fingerprint density at radius 3 is 2.81 bits per heavy atom. The molecule has 2 atom stereocenters. The number of carbonyl (C=O) groups is 1. The molecule has 2 saturated heterocycles. The van der Waals surface area contributed by atoms with E-state index in [0.717, 1.165) is 36.3 Å². The molecule has 0 aliphatic carbocycles. The molecule has 0 aromatic carbocycles. The molecule has 114 valence electrons. The van der Waals surface area contributed by atoms with Crippen LogP contribution >= 0.6 is 11.5 Å². The highest BCUT2D eigenvalue weighted by Crippen LogP contribution is 2.38. The van der Waals surface area contributed by atoms with Crippen LogP contribution in [0.3, 0.4) is 0 Å². The Bertz CT molecular complexity index is 534. The van der Waals surface area contributed by atoms with E-state index in [1.165, 1.54) is 30.8 Å². The first kappa shape index (κ1) is 15.7. The third kappa shape index (κ3) is 3.52. The van der Waals surface area contributed by atoms with E-state index >= 15 is 0 Å². The van der Waals surface area contributed by atoms with Gasteiger partial charge in [-0.1, -0.05) is 0 Å². The van der Waals surface area contributed by atoms with Crippen LogP contribution in [0.25, 0.3) is 0 Å². The Morgan fingerprint density at radius 1 is 1.48 bits per heavy atom. The van der Waals surface area contributed by atoms with Gasteiger partial charge in [-0.2, -0.15) is 9.64 Å². The number of nitrogens with one attached hydrogen (secondary N) is 1. The van der Waals surface area contributed by atoms with Gasteiger partial charge in [0, 0.05) is 25.6 Å². The van der Waals surface area contributed by atoms with Crippen LogP contribution in [0.4, 0.5) is 5.00 Å². The normalized spacial score (nSPS) is 23.8. The quantitative estimate of drug-likeness (QED) is 0.821. The minimum atomic E-state index is -0.833. The van der Waals surface area contributed by atoms with Crippen molar-refractivity contribution in [1.29, 1.82) is 5.26 Å². The van der Waals surface area contributed by atoms with Crippen LogP contribution in [-0.2, 0) is 4.79 Å². The molecule has 3 rings (SSSR count). The second kappa shape index (κ2) is 6.87. The van der Waals surface area contributed by atoms with Crippen molar-refractivity contribution in [2.75, 3.05) is 18.0 Å². The number of aliphatic carboxylic acids is 1. The van der Waals surface area contributed by atoms with Crippen LogP contribution in [0.2, 0.25) is 0 Å². The van der Waals surface area contributed by atoms with E-state index in [-0.39, 0.29) is 0 Å². The summed E-state index contributed by atoms with van der Waals surface area (Å²) in [5, 5.41) is 21.3. The summed E-state index contributed by atoms with van der Waals surface area (Å²) in [6.45, 7) is 5.15. The Labute approximate surface area is 128 Å². The third-order valence-electron chi connectivity index (χ3n) is 3.85. The van der Waals surface area contributed by atoms with Gasteiger partial charge in [0.25, 0.3) is 5.97 Å². The Balaban J connectivity index is 0.000000361. The molecule has 1 aromatic heterocycles. The number of hydrogen-bond acceptors (Lipinski definition) is 6. The summed E-state index contributed by atoms with van der Waals surface area (Å²) in [6, 6.07) is 3.47. The molecule has 21 heavy (non-hydrogen) atoms. The van der Waals surface area contributed by atoms with Crippen molar-refractivity contribution < 1.29 is 9.90 Å². The summed E-state index contributed by atoms with van der Waals surface area (Å²) in [5.74, 6) is -0.833. The van der Waals surface area contributed by atoms with Crippen LogP contribution < -0.4 is 10.2 Å². The van der Waals surface area contributed by atoms with Gasteiger partial charge in [0.1, 0.15) is 16.6 Å². The number of carboxylic acid groups (broad SMARTS) is 1. The largest absolute Gasteiger partial charge is 0.481 e. The fourth-order valence-corrected chi connectivity index (χ4v) is 3.97. The predicted molar refractivity (Wildman–Crippen MR) is 81.7 cm³/mol. The molecule has 2 aliphatic rings. The van der Waals surface area contributed by atoms with Gasteiger partial charge in [0.15, 0.2) is 0 Å². The van der Waals surface area contributed by atoms with Gasteiger partial charge in [0.05, 0.1) is 5.69 Å². The van der Waals surface area contributed by atoms with E-state index in [1.54, 1.807) is 0 Å². The second-order valence-electron chi connectivity index (χ2n) is 5.36. The number of hydrogen-bond donors (Lipinski definition) is 2. The average Bonchev–Trinajstić information content (AvgIpc) is 2.87. The SMILES string of the molecule is CC(=O)O.Cc1nsc(N2C3CCNCC2CC3)c1C#N. The summed E-state index contributed by atoms with van der Waals surface area (Å²) < 4.78 is 4.35. The first-order chi connectivity index (χ1) is 10.0. The van der Waals surface area contributed by atoms with Gasteiger partial charge in [-0.3, -0.25) is 4.79 Å². The van der Waals surface area contributed by atoms with E-state index in [1.807, 2.05) is 6.92 Å². The minimum absolute atomic E-state index is 0.550. The van der Waals surface area contributed by atoms with Crippen molar-refractivity contribution in [1.82, 2.24) is 9.69 Å². The maximum atomic E-state index is 9.26. The fraction of sp³-hybridized carbons (Fsp3) is 0.643. The smallest absolute Gasteiger partial charge is 0.300 e. The molecular weight excluding hydrogens is 288 g/mol. The van der Waals surface area contributed by atoms with Crippen molar-refractivity contribution in [3.63, 3.8) is 0 Å². The standard InChI is InChI=1S/C12H16N4S.C2H4O2/c1-8-11(6-13)12(17-15-8)16-9-2-3-10(16)7-14-5-4-9;1-2(3)4/h9-10,14H,2-5,7H2,1H3;1H3,(H,3,4). The number of carboxylic acids is 1. The molecule has 2 fully saturated rings. The fourth-order valence-electron chi connectivity index (χ4n) is 2.98. The minimum Gasteiger partial charge on any atom is -0.481 e. The molecule has 3 heterocycles. The molecule has 7 heteroatoms. The molecule has 2 bridgehead atoms. The van der Waals surface area contributed by atoms with Crippen molar-refractivity contribution in [3.05, 3.63) is 11.3 Å². The second-order valence-corrected chi connectivity index (χ2v) is 6.12. The Hall–Kier alpha value is -1.65. The van der Waals surface area contributed by atoms with Crippen molar-refractivity contribution in [2.24, 2.45) is 0 Å². The molecule has 2 N–H and O–H groups in total. The van der Waals surface area contributed by atoms with E-state index in [2.05, 4.69) is 20.7 Å². The van der Waals surface area contributed by atoms with E-state index < -0.39 is 5.97 Å². The van der Waals surface area contributed by atoms with Crippen molar-refractivity contribution in [3.8, 4) is 6.07 Å². The summed E-state index contributed by atoms with van der Waals surface area (Å²) >= 11 is 1.49. The number of nitrogens with zero attached hydrogens (tertiary/aromatic N) is 3. The zero-order valence-corrected chi connectivity index (χ0v) is 13.1. The number of nitriles is 1. The molecule has 2 aliphatic heterocycles. The molecule has 1 aromatic rings. The third-order valence-corrected chi connectivity index (χ3v) is 4.80. The van der Waals surface area contributed by atoms with Gasteiger partial charge in [-0.05, 0) is 44.3 Å². The van der Waals surface area contributed by atoms with Crippen LogP contribution in [0.15, 0.2) is 0 Å². The zero-order chi connectivity index (χ0) is 15.4. The predicted octanol–water partition coefficient (Wildman–Crippen LogP) is 1.74. The molecule has 0 spiro atoms. The number of rotatable bonds is 1. The van der Waals surface area contributed by atoms with E-state index in [0.29, 0.717) is 12.1 Å². The monoisotopic (exact) mass is 308 g/mol. The molecule has 0 radical (unpaired) electrons. The maximum absolute atomic E-state index is 9.26. The van der Waals surface area contributed by atoms with Gasteiger partial charge in [0.2, 0.25) is 0 Å². The molecular formula is C14H20N4O2S. The summed E-state index contributed by atoms with van der Waals surface area (Å²) in [5.41, 5.74) is 1.66. The summed E-state index contributed by atoms with van der Waals surface area (Å²) in [6.07, 6.45) is 3.67. The topological polar surface area (TPSA) is 89.2 Å². The molecule has 6 nitrogen and oxygen atoms in total. The van der Waals surface area contributed by atoms with E-state index in [9.17, 15) is 5.26 Å². The number of aromatic nitrogens is 1. The van der Waals surface area contributed by atoms with Crippen LogP contribution in [0.1, 0.15) is 37.4 Å². The maximum Gasteiger partial charge on any atom is 0.300 e. The average molecular weight is 308 g/mol. The number of fused-ring (bicyclic) bond motifs is 2. The lowest BCUT2D eigenvalue weighted by Crippen LogP contribution is -2.37. The number of aryl methyl sites for hydroxylation is 1. The van der Waals surface area contributed by atoms with Crippen LogP contribution in [0.5, 0.6) is 0 Å². The highest BCUT2D eigenvalue weighted by Gasteiger charge is 2.37. The molecule has 0 saturated carbocycles. The Kier molecular flexibility index (Phi) is 5.15. The number of anilines is 1. The summed E-state index contributed by atoms with van der Waals surface area (Å²) in [4.78, 5) is 11.5. The lowest BCUT2D eigenvalue weighted by molar-refractivity contribution is -0.134. The summed E-state index contributed by atoms with van der Waals surface area (Å²) in [7, 11) is 0. The first-order valence-corrected chi connectivity index (χ1v) is 7.87. The van der Waals surface area contributed by atoms with E-state index in [4.69, 9.17) is 9.90 Å². The van der Waals surface area contributed by atoms with Crippen molar-refractivity contribution >= 4 is 22.5 Å². The van der Waals surface area contributed by atoms with Crippen LogP contribution in [-0.4, -0.2) is 40.6 Å². The van der Waals surface area contributed by atoms with Crippen molar-refractivity contribution in [2.45, 2.75) is 45.2 Å². The van der Waals surface area contributed by atoms with Crippen LogP contribution in [0, 0.1) is 18.3 Å². The lowest BCUT2D eigenvalue weighted by atomic mass is 10.1. The van der Waals surface area contributed by atoms with Gasteiger partial charge in [-0.15, -0.1) is 0 Å². The highest BCUT2D eigenvalue weighted by atomic mass is 32.1. The lowest BCUT2D eigenvalue weighted by Gasteiger charge is -2.28.